The Morgan fingerprint density at radius 3 is 2.50 bits per heavy atom. The number of rotatable bonds is 6. The molecule has 0 aliphatic rings. The molecule has 2 aromatic carbocycles. The lowest BCUT2D eigenvalue weighted by Crippen LogP contribution is -2.30. The van der Waals surface area contributed by atoms with E-state index in [1.807, 2.05) is 35.5 Å². The molecule has 0 bridgehead atoms. The highest BCUT2D eigenvalue weighted by Crippen LogP contribution is 2.34. The molecule has 0 saturated carbocycles. The molecule has 178 valence electrons. The SMILES string of the molecule is Cc1ccc(-c2nc3sc(N(C)CC(=O)Nc4ccc(Cl)cc4C)nn3c2NC(C)(C)C)cc1. The van der Waals surface area contributed by atoms with Gasteiger partial charge in [-0.05, 0) is 58.4 Å². The molecule has 1 amide bonds. The quantitative estimate of drug-likeness (QED) is 0.341. The Morgan fingerprint density at radius 1 is 1.15 bits per heavy atom. The van der Waals surface area contributed by atoms with E-state index in [0.717, 1.165) is 33.3 Å². The van der Waals surface area contributed by atoms with Crippen molar-refractivity contribution in [1.29, 1.82) is 0 Å². The molecule has 0 atom stereocenters. The molecule has 0 unspecified atom stereocenters. The first-order valence-electron chi connectivity index (χ1n) is 11.0. The summed E-state index contributed by atoms with van der Waals surface area (Å²) in [5.74, 6) is 0.706. The number of fused-ring (bicyclic) bond motifs is 1. The van der Waals surface area contributed by atoms with Gasteiger partial charge in [0.05, 0.1) is 6.54 Å². The number of nitrogens with zero attached hydrogens (tertiary/aromatic N) is 4. The number of imidazole rings is 1. The van der Waals surface area contributed by atoms with Gasteiger partial charge in [0.25, 0.3) is 0 Å². The molecule has 2 N–H and O–H groups in total. The van der Waals surface area contributed by atoms with E-state index in [4.69, 9.17) is 21.7 Å². The number of hydrogen-bond donors (Lipinski definition) is 2. The Kier molecular flexibility index (Phi) is 6.55. The zero-order chi connectivity index (χ0) is 24.6. The fourth-order valence-corrected chi connectivity index (χ4v) is 4.60. The fourth-order valence-electron chi connectivity index (χ4n) is 3.51. The number of likely N-dealkylation sites (N-methyl/N-ethyl adjacent to an activating group) is 1. The molecule has 7 nitrogen and oxygen atoms in total. The Hall–Kier alpha value is -3.10. The first-order valence-corrected chi connectivity index (χ1v) is 12.2. The van der Waals surface area contributed by atoms with E-state index in [1.165, 1.54) is 16.9 Å². The zero-order valence-electron chi connectivity index (χ0n) is 20.2. The molecule has 0 fully saturated rings. The predicted molar refractivity (Wildman–Crippen MR) is 143 cm³/mol. The third-order valence-electron chi connectivity index (χ3n) is 5.18. The summed E-state index contributed by atoms with van der Waals surface area (Å²) in [7, 11) is 1.85. The summed E-state index contributed by atoms with van der Waals surface area (Å²) in [5, 5.41) is 12.6. The monoisotopic (exact) mass is 496 g/mol. The van der Waals surface area contributed by atoms with E-state index in [2.05, 4.69) is 62.6 Å². The third-order valence-corrected chi connectivity index (χ3v) is 6.44. The second-order valence-corrected chi connectivity index (χ2v) is 10.9. The van der Waals surface area contributed by atoms with Gasteiger partial charge >= 0.3 is 0 Å². The van der Waals surface area contributed by atoms with Crippen molar-refractivity contribution in [3.63, 3.8) is 0 Å². The van der Waals surface area contributed by atoms with E-state index in [1.54, 1.807) is 6.07 Å². The molecule has 0 radical (unpaired) electrons. The van der Waals surface area contributed by atoms with Gasteiger partial charge in [-0.25, -0.2) is 4.98 Å². The lowest BCUT2D eigenvalue weighted by molar-refractivity contribution is -0.114. The standard InChI is InChI=1S/C25H29ClN6OS/c1-15-7-9-17(10-8-15)21-22(29-25(3,4)5)32-23(28-21)34-24(30-32)31(6)14-20(33)27-19-12-11-18(26)13-16(19)2/h7-13,29H,14H2,1-6H3,(H,27,33). The molecule has 0 saturated heterocycles. The molecule has 2 aromatic heterocycles. The van der Waals surface area contributed by atoms with Crippen LogP contribution in [0.5, 0.6) is 0 Å². The number of anilines is 3. The lowest BCUT2D eigenvalue weighted by atomic mass is 10.1. The van der Waals surface area contributed by atoms with Crippen LogP contribution in [0.2, 0.25) is 5.02 Å². The maximum Gasteiger partial charge on any atom is 0.243 e. The van der Waals surface area contributed by atoms with E-state index >= 15 is 0 Å². The minimum absolute atomic E-state index is 0.130. The summed E-state index contributed by atoms with van der Waals surface area (Å²) in [6.45, 7) is 10.5. The van der Waals surface area contributed by atoms with Crippen molar-refractivity contribution in [2.75, 3.05) is 29.1 Å². The van der Waals surface area contributed by atoms with Crippen LogP contribution in [0.3, 0.4) is 0 Å². The predicted octanol–water partition coefficient (Wildman–Crippen LogP) is 6.01. The van der Waals surface area contributed by atoms with Crippen molar-refractivity contribution in [2.45, 2.75) is 40.2 Å². The topological polar surface area (TPSA) is 74.6 Å². The van der Waals surface area contributed by atoms with E-state index in [-0.39, 0.29) is 18.0 Å². The Labute approximate surface area is 208 Å². The number of carbonyl (C=O) groups excluding carboxylic acids is 1. The first-order chi connectivity index (χ1) is 16.0. The Bertz CT molecular complexity index is 1340. The number of aromatic nitrogens is 3. The van der Waals surface area contributed by atoms with Crippen molar-refractivity contribution >= 4 is 50.4 Å². The summed E-state index contributed by atoms with van der Waals surface area (Å²) >= 11 is 7.46. The average molecular weight is 497 g/mol. The number of carbonyl (C=O) groups is 1. The number of nitrogens with one attached hydrogen (secondary N) is 2. The fraction of sp³-hybridized carbons (Fsp3) is 0.320. The second-order valence-electron chi connectivity index (χ2n) is 9.49. The molecular weight excluding hydrogens is 468 g/mol. The minimum Gasteiger partial charge on any atom is -0.364 e. The number of benzene rings is 2. The molecule has 0 aliphatic carbocycles. The maximum absolute atomic E-state index is 12.7. The molecule has 4 rings (SSSR count). The van der Waals surface area contributed by atoms with Gasteiger partial charge in [-0.15, -0.1) is 5.10 Å². The summed E-state index contributed by atoms with van der Waals surface area (Å²) in [4.78, 5) is 20.1. The van der Waals surface area contributed by atoms with Crippen molar-refractivity contribution in [3.8, 4) is 11.3 Å². The average Bonchev–Trinajstić information content (AvgIpc) is 3.29. The molecule has 34 heavy (non-hydrogen) atoms. The van der Waals surface area contributed by atoms with Gasteiger partial charge in [-0.3, -0.25) is 4.79 Å². The van der Waals surface area contributed by atoms with E-state index < -0.39 is 0 Å². The number of amides is 1. The van der Waals surface area contributed by atoms with Crippen molar-refractivity contribution < 1.29 is 4.79 Å². The highest BCUT2D eigenvalue weighted by atomic mass is 35.5. The van der Waals surface area contributed by atoms with Gasteiger partial charge in [0, 0.05) is 28.9 Å². The largest absolute Gasteiger partial charge is 0.364 e. The van der Waals surface area contributed by atoms with Crippen LogP contribution in [-0.4, -0.2) is 39.6 Å². The van der Waals surface area contributed by atoms with Crippen molar-refractivity contribution in [3.05, 3.63) is 58.6 Å². The van der Waals surface area contributed by atoms with Gasteiger partial charge in [0.2, 0.25) is 16.0 Å². The minimum atomic E-state index is -0.179. The molecule has 2 heterocycles. The van der Waals surface area contributed by atoms with Gasteiger partial charge in [-0.2, -0.15) is 4.52 Å². The third kappa shape index (κ3) is 5.34. The van der Waals surface area contributed by atoms with E-state index in [9.17, 15) is 4.79 Å². The van der Waals surface area contributed by atoms with Crippen LogP contribution in [0.25, 0.3) is 16.2 Å². The molecule has 0 aliphatic heterocycles. The van der Waals surface area contributed by atoms with E-state index in [0.29, 0.717) is 10.2 Å². The Balaban J connectivity index is 1.59. The summed E-state index contributed by atoms with van der Waals surface area (Å²) in [5.41, 5.74) is 4.57. The van der Waals surface area contributed by atoms with Gasteiger partial charge in [0.1, 0.15) is 5.69 Å². The van der Waals surface area contributed by atoms with Crippen molar-refractivity contribution in [2.24, 2.45) is 0 Å². The molecule has 9 heteroatoms. The van der Waals surface area contributed by atoms with Crippen LogP contribution in [-0.2, 0) is 4.79 Å². The Morgan fingerprint density at radius 2 is 1.85 bits per heavy atom. The lowest BCUT2D eigenvalue weighted by Gasteiger charge is -2.22. The summed E-state index contributed by atoms with van der Waals surface area (Å²) in [6, 6.07) is 13.7. The van der Waals surface area contributed by atoms with Gasteiger partial charge in [0.15, 0.2) is 5.82 Å². The molecule has 0 spiro atoms. The zero-order valence-corrected chi connectivity index (χ0v) is 21.8. The first kappa shape index (κ1) is 24.0. The van der Waals surface area contributed by atoms with Crippen LogP contribution in [0.1, 0.15) is 31.9 Å². The van der Waals surface area contributed by atoms with Gasteiger partial charge < -0.3 is 15.5 Å². The van der Waals surface area contributed by atoms with Crippen LogP contribution in [0.15, 0.2) is 42.5 Å². The van der Waals surface area contributed by atoms with Gasteiger partial charge in [-0.1, -0.05) is 52.8 Å². The number of aryl methyl sites for hydroxylation is 2. The highest BCUT2D eigenvalue weighted by molar-refractivity contribution is 7.20. The van der Waals surface area contributed by atoms with Crippen LogP contribution >= 0.6 is 22.9 Å². The van der Waals surface area contributed by atoms with Crippen LogP contribution in [0, 0.1) is 13.8 Å². The number of halogens is 1. The van der Waals surface area contributed by atoms with Crippen LogP contribution in [0.4, 0.5) is 16.6 Å². The second kappa shape index (κ2) is 9.27. The van der Waals surface area contributed by atoms with Crippen LogP contribution < -0.4 is 15.5 Å². The maximum atomic E-state index is 12.7. The summed E-state index contributed by atoms with van der Waals surface area (Å²) < 4.78 is 1.83. The smallest absolute Gasteiger partial charge is 0.243 e. The normalized spacial score (nSPS) is 11.6. The van der Waals surface area contributed by atoms with Crippen molar-refractivity contribution in [1.82, 2.24) is 14.6 Å². The molecular formula is C25H29ClN6OS. The summed E-state index contributed by atoms with van der Waals surface area (Å²) in [6.07, 6.45) is 0. The number of hydrogen-bond acceptors (Lipinski definition) is 6. The highest BCUT2D eigenvalue weighted by Gasteiger charge is 2.23. The molecule has 4 aromatic rings.